The van der Waals surface area contributed by atoms with Crippen molar-refractivity contribution in [3.63, 3.8) is 0 Å². The van der Waals surface area contributed by atoms with Crippen molar-refractivity contribution < 1.29 is 24.9 Å². The summed E-state index contributed by atoms with van der Waals surface area (Å²) < 4.78 is 0. The van der Waals surface area contributed by atoms with Gasteiger partial charge in [0.2, 0.25) is 0 Å². The van der Waals surface area contributed by atoms with Gasteiger partial charge in [0.1, 0.15) is 11.8 Å². The van der Waals surface area contributed by atoms with Gasteiger partial charge in [0.25, 0.3) is 0 Å². The van der Waals surface area contributed by atoms with E-state index in [1.807, 2.05) is 0 Å². The van der Waals surface area contributed by atoms with Crippen LogP contribution in [0.2, 0.25) is 0 Å². The van der Waals surface area contributed by atoms with E-state index < -0.39 is 24.1 Å². The molecule has 0 aromatic heterocycles. The Balaban J connectivity index is 1.97. The Morgan fingerprint density at radius 3 is 2.52 bits per heavy atom. The van der Waals surface area contributed by atoms with E-state index in [1.165, 1.54) is 17.0 Å². The fraction of sp³-hybridized carbons (Fsp3) is 0.429. The van der Waals surface area contributed by atoms with E-state index in [1.54, 1.807) is 12.1 Å². The third-order valence-corrected chi connectivity index (χ3v) is 3.42. The average Bonchev–Trinajstić information content (AvgIpc) is 2.87. The number of hydrogen-bond acceptors (Lipinski definition) is 4. The van der Waals surface area contributed by atoms with Crippen LogP contribution in [-0.2, 0) is 11.2 Å². The molecule has 1 aromatic rings. The minimum absolute atomic E-state index is 0.0979. The smallest absolute Gasteiger partial charge is 0.326 e. The molecule has 7 heteroatoms. The van der Waals surface area contributed by atoms with Crippen LogP contribution in [0.5, 0.6) is 5.75 Å². The van der Waals surface area contributed by atoms with E-state index in [0.29, 0.717) is 18.5 Å². The number of phenols is 1. The Bertz CT molecular complexity index is 517. The van der Waals surface area contributed by atoms with Crippen LogP contribution in [0.25, 0.3) is 0 Å². The number of amides is 2. The van der Waals surface area contributed by atoms with Gasteiger partial charge in [-0.2, -0.15) is 0 Å². The second-order valence-corrected chi connectivity index (χ2v) is 5.10. The molecule has 1 heterocycles. The van der Waals surface area contributed by atoms with Crippen LogP contribution in [0, 0.1) is 0 Å². The summed E-state index contributed by atoms with van der Waals surface area (Å²) in [5.74, 6) is -1.03. The first-order valence-corrected chi connectivity index (χ1v) is 6.70. The summed E-state index contributed by atoms with van der Waals surface area (Å²) >= 11 is 0. The zero-order chi connectivity index (χ0) is 15.4. The number of benzene rings is 1. The average molecular weight is 294 g/mol. The van der Waals surface area contributed by atoms with Crippen LogP contribution in [0.4, 0.5) is 4.79 Å². The number of carboxylic acids is 1. The molecule has 1 aliphatic rings. The molecule has 2 amide bonds. The second-order valence-electron chi connectivity index (χ2n) is 5.10. The van der Waals surface area contributed by atoms with Gasteiger partial charge in [-0.05, 0) is 24.1 Å². The monoisotopic (exact) mass is 294 g/mol. The van der Waals surface area contributed by atoms with Crippen molar-refractivity contribution in [1.29, 1.82) is 0 Å². The molecule has 21 heavy (non-hydrogen) atoms. The predicted molar refractivity (Wildman–Crippen MR) is 74.0 cm³/mol. The van der Waals surface area contributed by atoms with Gasteiger partial charge in [-0.15, -0.1) is 0 Å². The summed E-state index contributed by atoms with van der Waals surface area (Å²) in [5, 5.41) is 30.2. The van der Waals surface area contributed by atoms with Crippen molar-refractivity contribution in [1.82, 2.24) is 10.2 Å². The van der Waals surface area contributed by atoms with Crippen LogP contribution < -0.4 is 5.32 Å². The van der Waals surface area contributed by atoms with E-state index in [2.05, 4.69) is 5.32 Å². The van der Waals surface area contributed by atoms with Crippen LogP contribution in [-0.4, -0.2) is 57.5 Å². The largest absolute Gasteiger partial charge is 0.508 e. The van der Waals surface area contributed by atoms with Crippen molar-refractivity contribution >= 4 is 12.0 Å². The number of aliphatic hydroxyl groups is 1. The summed E-state index contributed by atoms with van der Waals surface area (Å²) in [5.41, 5.74) is 0.696. The molecule has 7 nitrogen and oxygen atoms in total. The first kappa shape index (κ1) is 15.1. The number of carbonyl (C=O) groups is 2. The van der Waals surface area contributed by atoms with E-state index in [4.69, 9.17) is 0 Å². The molecule has 2 atom stereocenters. The Hall–Kier alpha value is -2.28. The van der Waals surface area contributed by atoms with E-state index in [0.717, 1.165) is 0 Å². The maximum atomic E-state index is 12.0. The number of aromatic hydroxyl groups is 1. The van der Waals surface area contributed by atoms with Crippen LogP contribution in [0.1, 0.15) is 12.0 Å². The Morgan fingerprint density at radius 1 is 1.33 bits per heavy atom. The molecule has 2 unspecified atom stereocenters. The van der Waals surface area contributed by atoms with Crippen molar-refractivity contribution in [3.05, 3.63) is 29.8 Å². The molecule has 1 aromatic carbocycles. The summed E-state index contributed by atoms with van der Waals surface area (Å²) in [6.45, 7) is 0.635. The van der Waals surface area contributed by atoms with Gasteiger partial charge in [-0.3, -0.25) is 0 Å². The first-order valence-electron chi connectivity index (χ1n) is 6.70. The standard InChI is InChI=1S/C14H18N2O5/c17-10-3-1-9(2-4-10)7-12(13(19)20)15-14(21)16-6-5-11(18)8-16/h1-4,11-12,17-18H,5-8H2,(H,15,21)(H,19,20). The first-order chi connectivity index (χ1) is 9.95. The lowest BCUT2D eigenvalue weighted by atomic mass is 10.1. The second kappa shape index (κ2) is 6.45. The third kappa shape index (κ3) is 4.09. The number of aliphatic carboxylic acids is 1. The number of likely N-dealkylation sites (tertiary alicyclic amines) is 1. The lowest BCUT2D eigenvalue weighted by Crippen LogP contribution is -2.48. The number of nitrogens with zero attached hydrogens (tertiary/aromatic N) is 1. The maximum Gasteiger partial charge on any atom is 0.326 e. The predicted octanol–water partition coefficient (Wildman–Crippen LogP) is 0.164. The SMILES string of the molecule is O=C(O)C(Cc1ccc(O)cc1)NC(=O)N1CCC(O)C1. The van der Waals surface area contributed by atoms with Gasteiger partial charge < -0.3 is 25.5 Å². The molecular weight excluding hydrogens is 276 g/mol. The molecule has 0 radical (unpaired) electrons. The van der Waals surface area contributed by atoms with Crippen molar-refractivity contribution in [2.75, 3.05) is 13.1 Å². The quantitative estimate of drug-likeness (QED) is 0.632. The van der Waals surface area contributed by atoms with E-state index >= 15 is 0 Å². The number of nitrogens with one attached hydrogen (secondary N) is 1. The fourth-order valence-corrected chi connectivity index (χ4v) is 2.23. The topological polar surface area (TPSA) is 110 Å². The zero-order valence-electron chi connectivity index (χ0n) is 11.4. The molecule has 4 N–H and O–H groups in total. The van der Waals surface area contributed by atoms with Crippen LogP contribution in [0.3, 0.4) is 0 Å². The fourth-order valence-electron chi connectivity index (χ4n) is 2.23. The number of β-amino-alcohol motifs (C(OH)–C–C–N with tert-alkyl or cyclic N) is 1. The lowest BCUT2D eigenvalue weighted by molar-refractivity contribution is -0.139. The number of phenolic OH excluding ortho intramolecular Hbond substituents is 1. The lowest BCUT2D eigenvalue weighted by Gasteiger charge is -2.20. The minimum Gasteiger partial charge on any atom is -0.508 e. The van der Waals surface area contributed by atoms with E-state index in [9.17, 15) is 24.9 Å². The molecular formula is C14H18N2O5. The maximum absolute atomic E-state index is 12.0. The highest BCUT2D eigenvalue weighted by atomic mass is 16.4. The highest BCUT2D eigenvalue weighted by Crippen LogP contribution is 2.13. The van der Waals surface area contributed by atoms with E-state index in [-0.39, 0.29) is 18.7 Å². The number of urea groups is 1. The molecule has 2 rings (SSSR count). The number of rotatable bonds is 4. The van der Waals surface area contributed by atoms with Crippen LogP contribution in [0.15, 0.2) is 24.3 Å². The number of carboxylic acid groups (broad SMARTS) is 1. The van der Waals surface area contributed by atoms with Gasteiger partial charge in [-0.25, -0.2) is 9.59 Å². The molecule has 114 valence electrons. The van der Waals surface area contributed by atoms with Gasteiger partial charge in [0.05, 0.1) is 6.10 Å². The molecule has 0 spiro atoms. The number of aliphatic hydroxyl groups excluding tert-OH is 1. The third-order valence-electron chi connectivity index (χ3n) is 3.42. The molecule has 1 aliphatic heterocycles. The summed E-state index contributed by atoms with van der Waals surface area (Å²) in [6, 6.07) is 4.60. The molecule has 0 bridgehead atoms. The minimum atomic E-state index is -1.13. The van der Waals surface area contributed by atoms with Gasteiger partial charge in [-0.1, -0.05) is 12.1 Å². The number of carbonyl (C=O) groups excluding carboxylic acids is 1. The van der Waals surface area contributed by atoms with Crippen molar-refractivity contribution in [2.24, 2.45) is 0 Å². The molecule has 1 fully saturated rings. The molecule has 0 saturated carbocycles. The normalized spacial score (nSPS) is 19.3. The zero-order valence-corrected chi connectivity index (χ0v) is 11.4. The van der Waals surface area contributed by atoms with Crippen molar-refractivity contribution in [2.45, 2.75) is 25.0 Å². The van der Waals surface area contributed by atoms with Gasteiger partial charge in [0.15, 0.2) is 0 Å². The number of hydrogen-bond donors (Lipinski definition) is 4. The summed E-state index contributed by atoms with van der Waals surface area (Å²) in [6.07, 6.45) is 0.0806. The highest BCUT2D eigenvalue weighted by molar-refractivity contribution is 5.83. The Morgan fingerprint density at radius 2 is 2.00 bits per heavy atom. The summed E-state index contributed by atoms with van der Waals surface area (Å²) in [7, 11) is 0. The Labute approximate surface area is 121 Å². The summed E-state index contributed by atoms with van der Waals surface area (Å²) in [4.78, 5) is 24.6. The van der Waals surface area contributed by atoms with Crippen LogP contribution >= 0.6 is 0 Å². The van der Waals surface area contributed by atoms with Gasteiger partial charge >= 0.3 is 12.0 Å². The molecule has 0 aliphatic carbocycles. The molecule has 1 saturated heterocycles. The van der Waals surface area contributed by atoms with Gasteiger partial charge in [0, 0.05) is 19.5 Å². The Kier molecular flexibility index (Phi) is 4.64. The highest BCUT2D eigenvalue weighted by Gasteiger charge is 2.28. The van der Waals surface area contributed by atoms with Crippen molar-refractivity contribution in [3.8, 4) is 5.75 Å².